The van der Waals surface area contributed by atoms with Crippen LogP contribution in [0.5, 0.6) is 0 Å². The number of nitrogens with zero attached hydrogens (tertiary/aromatic N) is 1. The molecule has 1 aromatic rings. The third-order valence-corrected chi connectivity index (χ3v) is 4.08. The van der Waals surface area contributed by atoms with Crippen molar-refractivity contribution in [1.82, 2.24) is 4.90 Å². The van der Waals surface area contributed by atoms with E-state index in [1.54, 1.807) is 12.1 Å². The average Bonchev–Trinajstić information content (AvgIpc) is 2.37. The Kier molecular flexibility index (Phi) is 4.95. The summed E-state index contributed by atoms with van der Waals surface area (Å²) in [7, 11) is 1.92. The topological polar surface area (TPSA) is 66.6 Å². The summed E-state index contributed by atoms with van der Waals surface area (Å²) < 4.78 is 0. The number of rotatable bonds is 5. The molecule has 1 aromatic carbocycles. The van der Waals surface area contributed by atoms with Gasteiger partial charge >= 0.3 is 5.97 Å². The minimum atomic E-state index is -1.39. The summed E-state index contributed by atoms with van der Waals surface area (Å²) in [5, 5.41) is 9.57. The van der Waals surface area contributed by atoms with Gasteiger partial charge in [-0.2, -0.15) is 0 Å². The van der Waals surface area contributed by atoms with Gasteiger partial charge in [-0.25, -0.2) is 4.79 Å². The van der Waals surface area contributed by atoms with Crippen molar-refractivity contribution in [3.63, 3.8) is 0 Å². The zero-order valence-corrected chi connectivity index (χ0v) is 13.1. The Morgan fingerprint density at radius 3 is 2.20 bits per heavy atom. The van der Waals surface area contributed by atoms with E-state index in [4.69, 9.17) is 5.73 Å². The number of aliphatic carboxylic acids is 1. The predicted octanol–water partition coefficient (Wildman–Crippen LogP) is 2.29. The molecule has 0 heterocycles. The zero-order chi connectivity index (χ0) is 15.6. The van der Waals surface area contributed by atoms with Gasteiger partial charge in [-0.1, -0.05) is 51.1 Å². The Bertz CT molecular complexity index is 453. The number of nitrogens with two attached hydrogens (primary N) is 1. The van der Waals surface area contributed by atoms with E-state index in [-0.39, 0.29) is 18.0 Å². The summed E-state index contributed by atoms with van der Waals surface area (Å²) in [4.78, 5) is 13.7. The molecule has 0 aromatic heterocycles. The summed E-state index contributed by atoms with van der Waals surface area (Å²) in [6, 6.07) is 9.23. The van der Waals surface area contributed by atoms with Crippen LogP contribution in [0, 0.1) is 5.41 Å². The maximum Gasteiger partial charge on any atom is 0.329 e. The van der Waals surface area contributed by atoms with Crippen molar-refractivity contribution < 1.29 is 9.90 Å². The molecule has 2 unspecified atom stereocenters. The molecule has 0 amide bonds. The number of carboxylic acid groups (broad SMARTS) is 1. The van der Waals surface area contributed by atoms with Crippen molar-refractivity contribution in [2.24, 2.45) is 11.1 Å². The van der Waals surface area contributed by atoms with E-state index in [0.29, 0.717) is 5.56 Å². The van der Waals surface area contributed by atoms with E-state index in [1.165, 1.54) is 0 Å². The van der Waals surface area contributed by atoms with E-state index < -0.39 is 11.5 Å². The van der Waals surface area contributed by atoms with Crippen LogP contribution in [0.1, 0.15) is 33.3 Å². The molecule has 1 rings (SSSR count). The molecule has 0 radical (unpaired) electrons. The van der Waals surface area contributed by atoms with Crippen LogP contribution in [-0.4, -0.2) is 35.6 Å². The molecule has 0 bridgehead atoms. The van der Waals surface area contributed by atoms with Crippen molar-refractivity contribution >= 4 is 5.97 Å². The van der Waals surface area contributed by atoms with E-state index in [0.717, 1.165) is 0 Å². The number of likely N-dealkylation sites (N-methyl/N-ethyl adjacent to an activating group) is 1. The van der Waals surface area contributed by atoms with Gasteiger partial charge in [0, 0.05) is 12.6 Å². The lowest BCUT2D eigenvalue weighted by atomic mass is 9.84. The van der Waals surface area contributed by atoms with Crippen molar-refractivity contribution in [2.45, 2.75) is 39.3 Å². The van der Waals surface area contributed by atoms with Crippen LogP contribution in [-0.2, 0) is 10.3 Å². The van der Waals surface area contributed by atoms with E-state index in [9.17, 15) is 9.90 Å². The monoisotopic (exact) mass is 278 g/mol. The smallest absolute Gasteiger partial charge is 0.329 e. The fourth-order valence-corrected chi connectivity index (χ4v) is 2.21. The fourth-order valence-electron chi connectivity index (χ4n) is 2.21. The molecule has 0 aliphatic carbocycles. The van der Waals surface area contributed by atoms with Crippen molar-refractivity contribution in [1.29, 1.82) is 0 Å². The van der Waals surface area contributed by atoms with Gasteiger partial charge in [0.15, 0.2) is 5.54 Å². The van der Waals surface area contributed by atoms with Crippen LogP contribution in [0.3, 0.4) is 0 Å². The lowest BCUT2D eigenvalue weighted by Crippen LogP contribution is -2.55. The minimum Gasteiger partial charge on any atom is -0.480 e. The molecule has 0 saturated heterocycles. The maximum absolute atomic E-state index is 11.7. The zero-order valence-electron chi connectivity index (χ0n) is 13.1. The number of carboxylic acids is 1. The lowest BCUT2D eigenvalue weighted by molar-refractivity contribution is -0.145. The Balaban J connectivity index is 3.03. The molecule has 112 valence electrons. The van der Waals surface area contributed by atoms with Gasteiger partial charge in [-0.3, -0.25) is 0 Å². The van der Waals surface area contributed by atoms with Gasteiger partial charge < -0.3 is 15.7 Å². The highest BCUT2D eigenvalue weighted by atomic mass is 16.4. The van der Waals surface area contributed by atoms with Crippen LogP contribution in [0.2, 0.25) is 0 Å². The molecule has 0 aliphatic heterocycles. The third-order valence-electron chi connectivity index (χ3n) is 4.08. The summed E-state index contributed by atoms with van der Waals surface area (Å²) in [6.07, 6.45) is 0. The van der Waals surface area contributed by atoms with E-state index >= 15 is 0 Å². The van der Waals surface area contributed by atoms with Crippen LogP contribution in [0.15, 0.2) is 30.3 Å². The first-order valence-electron chi connectivity index (χ1n) is 6.87. The van der Waals surface area contributed by atoms with Crippen LogP contribution < -0.4 is 5.73 Å². The van der Waals surface area contributed by atoms with Gasteiger partial charge in [0.1, 0.15) is 0 Å². The average molecular weight is 278 g/mol. The highest BCUT2D eigenvalue weighted by Crippen LogP contribution is 2.26. The molecule has 4 nitrogen and oxygen atoms in total. The van der Waals surface area contributed by atoms with E-state index in [2.05, 4.69) is 27.7 Å². The molecule has 4 heteroatoms. The molecule has 0 spiro atoms. The number of hydrogen-bond acceptors (Lipinski definition) is 3. The number of benzene rings is 1. The van der Waals surface area contributed by atoms with Crippen molar-refractivity contribution in [3.05, 3.63) is 35.9 Å². The number of carbonyl (C=O) groups is 1. The molecule has 20 heavy (non-hydrogen) atoms. The first-order valence-corrected chi connectivity index (χ1v) is 6.87. The normalized spacial score (nSPS) is 16.8. The second-order valence-electron chi connectivity index (χ2n) is 6.60. The summed E-state index contributed by atoms with van der Waals surface area (Å²) in [5.74, 6) is -1.00. The summed E-state index contributed by atoms with van der Waals surface area (Å²) >= 11 is 0. The second kappa shape index (κ2) is 5.94. The first-order chi connectivity index (χ1) is 9.09. The fraction of sp³-hybridized carbons (Fsp3) is 0.562. The van der Waals surface area contributed by atoms with Gasteiger partial charge in [-0.15, -0.1) is 0 Å². The Hall–Kier alpha value is -1.39. The van der Waals surface area contributed by atoms with Gasteiger partial charge in [-0.05, 0) is 24.9 Å². The Labute approximate surface area is 121 Å². The minimum absolute atomic E-state index is 0.0604. The second-order valence-corrected chi connectivity index (χ2v) is 6.60. The molecule has 0 saturated carbocycles. The first kappa shape index (κ1) is 16.7. The predicted molar refractivity (Wildman–Crippen MR) is 81.5 cm³/mol. The van der Waals surface area contributed by atoms with Gasteiger partial charge in [0.2, 0.25) is 0 Å². The molecule has 0 aliphatic rings. The standard InChI is InChI=1S/C16H26N2O2/c1-12(15(2,3)4)18(5)11-16(17,14(19)20)13-9-7-6-8-10-13/h6-10,12H,11,17H2,1-5H3,(H,19,20). The SMILES string of the molecule is CC(N(C)CC(N)(C(=O)O)c1ccccc1)C(C)(C)C. The van der Waals surface area contributed by atoms with E-state index in [1.807, 2.05) is 30.1 Å². The largest absolute Gasteiger partial charge is 0.480 e. The van der Waals surface area contributed by atoms with Crippen LogP contribution in [0.25, 0.3) is 0 Å². The van der Waals surface area contributed by atoms with Crippen molar-refractivity contribution in [3.8, 4) is 0 Å². The Morgan fingerprint density at radius 2 is 1.80 bits per heavy atom. The van der Waals surface area contributed by atoms with Crippen molar-refractivity contribution in [2.75, 3.05) is 13.6 Å². The molecule has 2 atom stereocenters. The summed E-state index contributed by atoms with van der Waals surface area (Å²) in [6.45, 7) is 8.76. The maximum atomic E-state index is 11.7. The Morgan fingerprint density at radius 1 is 1.30 bits per heavy atom. The molecule has 0 fully saturated rings. The summed E-state index contributed by atoms with van der Waals surface area (Å²) in [5.41, 5.74) is 5.50. The van der Waals surface area contributed by atoms with Crippen LogP contribution >= 0.6 is 0 Å². The molecular formula is C16H26N2O2. The molecular weight excluding hydrogens is 252 g/mol. The van der Waals surface area contributed by atoms with Gasteiger partial charge in [0.25, 0.3) is 0 Å². The van der Waals surface area contributed by atoms with Crippen LogP contribution in [0.4, 0.5) is 0 Å². The quantitative estimate of drug-likeness (QED) is 0.867. The lowest BCUT2D eigenvalue weighted by Gasteiger charge is -2.39. The highest BCUT2D eigenvalue weighted by Gasteiger charge is 2.39. The van der Waals surface area contributed by atoms with Gasteiger partial charge in [0.05, 0.1) is 0 Å². The third kappa shape index (κ3) is 3.58. The molecule has 3 N–H and O–H groups in total. The number of hydrogen-bond donors (Lipinski definition) is 2. The highest BCUT2D eigenvalue weighted by molar-refractivity contribution is 5.80.